The van der Waals surface area contributed by atoms with Gasteiger partial charge in [0.1, 0.15) is 6.04 Å². The number of halogens is 1. The average Bonchev–Trinajstić information content (AvgIpc) is 3.08. The molecule has 0 aromatic heterocycles. The highest BCUT2D eigenvalue weighted by molar-refractivity contribution is 7.80. The number of hydrogen-bond donors (Lipinski definition) is 1. The number of nitrogens with zero attached hydrogens (tertiary/aromatic N) is 2. The highest BCUT2D eigenvalue weighted by atomic mass is 35.5. The number of rotatable bonds is 8. The van der Waals surface area contributed by atoms with Crippen molar-refractivity contribution in [1.29, 1.82) is 0 Å². The lowest BCUT2D eigenvalue weighted by atomic mass is 10.1. The van der Waals surface area contributed by atoms with Gasteiger partial charge < -0.3 is 19.7 Å². The summed E-state index contributed by atoms with van der Waals surface area (Å²) in [5.41, 5.74) is 1.50. The third-order valence-corrected chi connectivity index (χ3v) is 5.89. The maximum Gasteiger partial charge on any atom is 0.257 e. The van der Waals surface area contributed by atoms with E-state index in [1.165, 1.54) is 4.90 Å². The van der Waals surface area contributed by atoms with Gasteiger partial charge in [0, 0.05) is 18.1 Å². The molecule has 1 N–H and O–H groups in total. The molecule has 2 amide bonds. The van der Waals surface area contributed by atoms with E-state index in [1.807, 2.05) is 25.1 Å². The molecule has 170 valence electrons. The number of imide groups is 1. The zero-order chi connectivity index (χ0) is 23.3. The minimum Gasteiger partial charge on any atom is -0.493 e. The monoisotopic (exact) mass is 475 g/mol. The van der Waals surface area contributed by atoms with Crippen LogP contribution in [-0.4, -0.2) is 55.2 Å². The number of carbonyl (C=O) groups is 2. The van der Waals surface area contributed by atoms with E-state index in [1.54, 1.807) is 43.4 Å². The van der Waals surface area contributed by atoms with Gasteiger partial charge in [0.25, 0.3) is 5.91 Å². The molecular formula is C23H26ClN3O4S. The number of ether oxygens (including phenoxy) is 2. The minimum atomic E-state index is -0.676. The summed E-state index contributed by atoms with van der Waals surface area (Å²) in [5, 5.41) is 4.09. The summed E-state index contributed by atoms with van der Waals surface area (Å²) >= 11 is 11.5. The summed E-state index contributed by atoms with van der Waals surface area (Å²) < 4.78 is 10.7. The van der Waals surface area contributed by atoms with Gasteiger partial charge >= 0.3 is 0 Å². The van der Waals surface area contributed by atoms with Crippen molar-refractivity contribution in [2.24, 2.45) is 0 Å². The first kappa shape index (κ1) is 23.8. The first-order valence-electron chi connectivity index (χ1n) is 10.3. The van der Waals surface area contributed by atoms with Crippen molar-refractivity contribution in [2.75, 3.05) is 32.2 Å². The lowest BCUT2D eigenvalue weighted by molar-refractivity contribution is -0.122. The number of methoxy groups -OCH3 is 2. The Kier molecular flexibility index (Phi) is 7.93. The van der Waals surface area contributed by atoms with Gasteiger partial charge in [-0.3, -0.25) is 9.59 Å². The topological polar surface area (TPSA) is 71.1 Å². The molecule has 1 aliphatic heterocycles. The summed E-state index contributed by atoms with van der Waals surface area (Å²) in [6, 6.07) is 11.6. The number of anilines is 1. The van der Waals surface area contributed by atoms with Crippen molar-refractivity contribution in [2.45, 2.75) is 25.8 Å². The van der Waals surface area contributed by atoms with Crippen LogP contribution in [0.2, 0.25) is 5.02 Å². The lowest BCUT2D eigenvalue weighted by Gasteiger charge is -2.30. The molecule has 0 aliphatic carbocycles. The van der Waals surface area contributed by atoms with E-state index in [4.69, 9.17) is 33.3 Å². The predicted molar refractivity (Wildman–Crippen MR) is 129 cm³/mol. The van der Waals surface area contributed by atoms with Crippen molar-refractivity contribution in [3.05, 3.63) is 53.1 Å². The molecule has 1 aliphatic rings. The molecule has 1 unspecified atom stereocenters. The molecule has 7 nitrogen and oxygen atoms in total. The molecule has 0 saturated carbocycles. The largest absolute Gasteiger partial charge is 0.493 e. The summed E-state index contributed by atoms with van der Waals surface area (Å²) in [7, 11) is 3.17. The fraction of sp³-hybridized carbons (Fsp3) is 0.348. The number of thiocarbonyl (C=S) groups is 1. The predicted octanol–water partition coefficient (Wildman–Crippen LogP) is 3.43. The van der Waals surface area contributed by atoms with Crippen molar-refractivity contribution >= 4 is 46.4 Å². The standard InChI is InChI=1S/C23H26ClN3O4S/c1-4-25-23(32)26(12-11-15-5-10-19(30-2)20(13-15)31-3)18-14-21(28)27(22(18)29)17-8-6-16(24)7-9-17/h5-10,13,18H,4,11-12,14H2,1-3H3,(H,25,32). The Morgan fingerprint density at radius 2 is 1.84 bits per heavy atom. The Bertz CT molecular complexity index is 999. The number of hydrogen-bond acceptors (Lipinski definition) is 5. The fourth-order valence-electron chi connectivity index (χ4n) is 3.66. The van der Waals surface area contributed by atoms with Gasteiger partial charge in [0.2, 0.25) is 5.91 Å². The van der Waals surface area contributed by atoms with E-state index in [0.717, 1.165) is 5.56 Å². The second kappa shape index (κ2) is 10.7. The van der Waals surface area contributed by atoms with Crippen molar-refractivity contribution in [3.8, 4) is 11.5 Å². The Hall–Kier alpha value is -2.84. The van der Waals surface area contributed by atoms with Gasteiger partial charge in [-0.1, -0.05) is 17.7 Å². The molecule has 9 heteroatoms. The van der Waals surface area contributed by atoms with E-state index in [0.29, 0.717) is 46.8 Å². The molecule has 1 fully saturated rings. The lowest BCUT2D eigenvalue weighted by Crippen LogP contribution is -2.50. The molecular weight excluding hydrogens is 450 g/mol. The van der Waals surface area contributed by atoms with Crippen LogP contribution >= 0.6 is 23.8 Å². The van der Waals surface area contributed by atoms with Gasteiger partial charge in [-0.25, -0.2) is 4.90 Å². The van der Waals surface area contributed by atoms with Crippen LogP contribution in [0, 0.1) is 0 Å². The maximum atomic E-state index is 13.3. The van der Waals surface area contributed by atoms with Crippen LogP contribution in [0.4, 0.5) is 5.69 Å². The molecule has 3 rings (SSSR count). The Morgan fingerprint density at radius 1 is 1.16 bits per heavy atom. The molecule has 0 spiro atoms. The zero-order valence-corrected chi connectivity index (χ0v) is 19.8. The van der Waals surface area contributed by atoms with Crippen LogP contribution in [0.3, 0.4) is 0 Å². The molecule has 1 atom stereocenters. The summed E-state index contributed by atoms with van der Waals surface area (Å²) in [4.78, 5) is 29.0. The van der Waals surface area contributed by atoms with Gasteiger partial charge in [0.15, 0.2) is 16.6 Å². The quantitative estimate of drug-likeness (QED) is 0.463. The molecule has 32 heavy (non-hydrogen) atoms. The molecule has 0 radical (unpaired) electrons. The number of nitrogens with one attached hydrogen (secondary N) is 1. The Labute approximate surface area is 198 Å². The van der Waals surface area contributed by atoms with Crippen LogP contribution in [0.15, 0.2) is 42.5 Å². The van der Waals surface area contributed by atoms with E-state index in [2.05, 4.69) is 5.32 Å². The highest BCUT2D eigenvalue weighted by Gasteiger charge is 2.43. The van der Waals surface area contributed by atoms with Crippen molar-refractivity contribution in [3.63, 3.8) is 0 Å². The highest BCUT2D eigenvalue weighted by Crippen LogP contribution is 2.29. The molecule has 1 saturated heterocycles. The second-order valence-electron chi connectivity index (χ2n) is 7.23. The smallest absolute Gasteiger partial charge is 0.257 e. The first-order chi connectivity index (χ1) is 15.4. The van der Waals surface area contributed by atoms with Crippen LogP contribution < -0.4 is 19.7 Å². The number of benzene rings is 2. The van der Waals surface area contributed by atoms with E-state index in [-0.39, 0.29) is 18.2 Å². The van der Waals surface area contributed by atoms with Gasteiger partial charge in [-0.05, 0) is 67.5 Å². The molecule has 2 aromatic carbocycles. The molecule has 2 aromatic rings. The van der Waals surface area contributed by atoms with Crippen LogP contribution in [0.25, 0.3) is 0 Å². The SMILES string of the molecule is CCNC(=S)N(CCc1ccc(OC)c(OC)c1)C1CC(=O)N(c2ccc(Cl)cc2)C1=O. The third-order valence-electron chi connectivity index (χ3n) is 5.26. The Balaban J connectivity index is 1.81. The summed E-state index contributed by atoms with van der Waals surface area (Å²) in [6.45, 7) is 3.00. The first-order valence-corrected chi connectivity index (χ1v) is 11.1. The fourth-order valence-corrected chi connectivity index (χ4v) is 4.15. The van der Waals surface area contributed by atoms with Gasteiger partial charge in [-0.15, -0.1) is 0 Å². The summed E-state index contributed by atoms with van der Waals surface area (Å²) in [5.74, 6) is 0.709. The summed E-state index contributed by atoms with van der Waals surface area (Å²) in [6.07, 6.45) is 0.656. The Morgan fingerprint density at radius 3 is 2.47 bits per heavy atom. The zero-order valence-electron chi connectivity index (χ0n) is 18.3. The van der Waals surface area contributed by atoms with Gasteiger partial charge in [-0.2, -0.15) is 0 Å². The van der Waals surface area contributed by atoms with Crippen molar-refractivity contribution < 1.29 is 19.1 Å². The molecule has 0 bridgehead atoms. The minimum absolute atomic E-state index is 0.0545. The van der Waals surface area contributed by atoms with E-state index in [9.17, 15) is 9.59 Å². The van der Waals surface area contributed by atoms with Crippen LogP contribution in [0.5, 0.6) is 11.5 Å². The van der Waals surface area contributed by atoms with Gasteiger partial charge in [0.05, 0.1) is 26.3 Å². The average molecular weight is 476 g/mol. The molecule has 1 heterocycles. The number of amides is 2. The van der Waals surface area contributed by atoms with Crippen LogP contribution in [0.1, 0.15) is 18.9 Å². The normalized spacial score (nSPS) is 15.6. The maximum absolute atomic E-state index is 13.3. The third kappa shape index (κ3) is 5.14. The van der Waals surface area contributed by atoms with E-state index >= 15 is 0 Å². The van der Waals surface area contributed by atoms with Crippen molar-refractivity contribution in [1.82, 2.24) is 10.2 Å². The van der Waals surface area contributed by atoms with Crippen LogP contribution in [-0.2, 0) is 16.0 Å². The second-order valence-corrected chi connectivity index (χ2v) is 8.06. The van der Waals surface area contributed by atoms with E-state index < -0.39 is 6.04 Å². The number of carbonyl (C=O) groups excluding carboxylic acids is 2.